The van der Waals surface area contributed by atoms with E-state index >= 15 is 0 Å². The fourth-order valence-corrected chi connectivity index (χ4v) is 3.66. The largest absolute Gasteiger partial charge is 0.334 e. The Hall–Kier alpha value is -3.19. The van der Waals surface area contributed by atoms with E-state index in [-0.39, 0.29) is 6.03 Å². The van der Waals surface area contributed by atoms with Gasteiger partial charge in [0.25, 0.3) is 0 Å². The van der Waals surface area contributed by atoms with E-state index < -0.39 is 0 Å². The van der Waals surface area contributed by atoms with Gasteiger partial charge in [0.05, 0.1) is 6.54 Å². The fourth-order valence-electron chi connectivity index (χ4n) is 3.66. The summed E-state index contributed by atoms with van der Waals surface area (Å²) in [5, 5.41) is 7.16. The standard InChI is InChI=1S/C23H28N6O/c30-23(25-16-21-6-8-22(9-7-21)17-29-19-24-18-26-29)28-14-12-27(13-15-28)11-10-20-4-2-1-3-5-20/h1-9,18-19H,10-17H2,(H,25,30). The number of nitrogens with one attached hydrogen (secondary N) is 1. The van der Waals surface area contributed by atoms with Gasteiger partial charge in [-0.3, -0.25) is 4.90 Å². The summed E-state index contributed by atoms with van der Waals surface area (Å²) in [6.07, 6.45) is 4.29. The van der Waals surface area contributed by atoms with E-state index in [0.29, 0.717) is 13.1 Å². The van der Waals surface area contributed by atoms with Crippen LogP contribution in [0.2, 0.25) is 0 Å². The highest BCUT2D eigenvalue weighted by Gasteiger charge is 2.20. The zero-order valence-corrected chi connectivity index (χ0v) is 17.2. The van der Waals surface area contributed by atoms with Gasteiger partial charge in [-0.2, -0.15) is 5.10 Å². The molecule has 1 aliphatic heterocycles. The number of benzene rings is 2. The van der Waals surface area contributed by atoms with Crippen molar-refractivity contribution in [1.29, 1.82) is 0 Å². The highest BCUT2D eigenvalue weighted by molar-refractivity contribution is 5.74. The number of carbonyl (C=O) groups excluding carboxylic acids is 1. The molecule has 0 radical (unpaired) electrons. The van der Waals surface area contributed by atoms with Crippen LogP contribution in [0.1, 0.15) is 16.7 Å². The molecule has 7 heteroatoms. The Kier molecular flexibility index (Phi) is 6.72. The Morgan fingerprint density at radius 2 is 1.63 bits per heavy atom. The SMILES string of the molecule is O=C(NCc1ccc(Cn2cncn2)cc1)N1CCN(CCc2ccccc2)CC1. The van der Waals surface area contributed by atoms with Crippen LogP contribution in [0.4, 0.5) is 4.79 Å². The van der Waals surface area contributed by atoms with Crippen LogP contribution in [-0.4, -0.2) is 63.3 Å². The van der Waals surface area contributed by atoms with E-state index in [2.05, 4.69) is 56.7 Å². The topological polar surface area (TPSA) is 66.3 Å². The summed E-state index contributed by atoms with van der Waals surface area (Å²) in [7, 11) is 0. The minimum Gasteiger partial charge on any atom is -0.334 e. The van der Waals surface area contributed by atoms with E-state index in [1.807, 2.05) is 23.1 Å². The normalized spacial score (nSPS) is 14.6. The summed E-state index contributed by atoms with van der Waals surface area (Å²) in [5.41, 5.74) is 3.61. The van der Waals surface area contributed by atoms with Crippen LogP contribution in [-0.2, 0) is 19.5 Å². The fraction of sp³-hybridized carbons (Fsp3) is 0.348. The lowest BCUT2D eigenvalue weighted by Gasteiger charge is -2.34. The third kappa shape index (κ3) is 5.67. The van der Waals surface area contributed by atoms with Crippen molar-refractivity contribution >= 4 is 6.03 Å². The monoisotopic (exact) mass is 404 g/mol. The first-order valence-electron chi connectivity index (χ1n) is 10.5. The third-order valence-electron chi connectivity index (χ3n) is 5.50. The van der Waals surface area contributed by atoms with Crippen molar-refractivity contribution in [1.82, 2.24) is 29.9 Å². The van der Waals surface area contributed by atoms with E-state index in [4.69, 9.17) is 0 Å². The Bertz CT molecular complexity index is 903. The summed E-state index contributed by atoms with van der Waals surface area (Å²) in [4.78, 5) is 20.8. The van der Waals surface area contributed by atoms with Crippen molar-refractivity contribution in [2.24, 2.45) is 0 Å². The lowest BCUT2D eigenvalue weighted by atomic mass is 10.1. The summed E-state index contributed by atoms with van der Waals surface area (Å²) < 4.78 is 1.79. The van der Waals surface area contributed by atoms with Crippen LogP contribution in [0, 0.1) is 0 Å². The zero-order chi connectivity index (χ0) is 20.6. The van der Waals surface area contributed by atoms with E-state index in [1.54, 1.807) is 11.0 Å². The number of rotatable bonds is 7. The highest BCUT2D eigenvalue weighted by atomic mass is 16.2. The number of carbonyl (C=O) groups is 1. The second-order valence-electron chi connectivity index (χ2n) is 7.63. The Morgan fingerprint density at radius 3 is 2.33 bits per heavy atom. The number of piperazine rings is 1. The minimum atomic E-state index is 0.0180. The first kappa shape index (κ1) is 20.1. The smallest absolute Gasteiger partial charge is 0.317 e. The van der Waals surface area contributed by atoms with Gasteiger partial charge in [0.15, 0.2) is 0 Å². The average Bonchev–Trinajstić information content (AvgIpc) is 3.31. The third-order valence-corrected chi connectivity index (χ3v) is 5.50. The van der Waals surface area contributed by atoms with Crippen molar-refractivity contribution in [3.63, 3.8) is 0 Å². The number of nitrogens with zero attached hydrogens (tertiary/aromatic N) is 5. The molecule has 0 bridgehead atoms. The molecule has 0 unspecified atom stereocenters. The molecule has 4 rings (SSSR count). The molecule has 1 N–H and O–H groups in total. The Labute approximate surface area is 177 Å². The molecule has 0 spiro atoms. The van der Waals surface area contributed by atoms with Crippen molar-refractivity contribution in [3.8, 4) is 0 Å². The molecule has 156 valence electrons. The predicted octanol–water partition coefficient (Wildman–Crippen LogP) is 2.40. The molecule has 1 aromatic heterocycles. The first-order chi connectivity index (χ1) is 14.8. The lowest BCUT2D eigenvalue weighted by molar-refractivity contribution is 0.140. The van der Waals surface area contributed by atoms with Crippen molar-refractivity contribution in [2.45, 2.75) is 19.5 Å². The summed E-state index contributed by atoms with van der Waals surface area (Å²) in [5.74, 6) is 0. The van der Waals surface area contributed by atoms with Gasteiger partial charge in [-0.1, -0.05) is 54.6 Å². The van der Waals surface area contributed by atoms with Crippen LogP contribution < -0.4 is 5.32 Å². The molecule has 0 saturated carbocycles. The van der Waals surface area contributed by atoms with Gasteiger partial charge < -0.3 is 10.2 Å². The minimum absolute atomic E-state index is 0.0180. The Balaban J connectivity index is 1.17. The lowest BCUT2D eigenvalue weighted by Crippen LogP contribution is -2.51. The van der Waals surface area contributed by atoms with Gasteiger partial charge >= 0.3 is 6.03 Å². The molecule has 1 aliphatic rings. The maximum Gasteiger partial charge on any atom is 0.317 e. The molecular weight excluding hydrogens is 376 g/mol. The van der Waals surface area contributed by atoms with Gasteiger partial charge in [0.2, 0.25) is 0 Å². The number of aromatic nitrogens is 3. The molecule has 1 fully saturated rings. The van der Waals surface area contributed by atoms with E-state index in [0.717, 1.165) is 50.3 Å². The molecule has 30 heavy (non-hydrogen) atoms. The summed E-state index contributed by atoms with van der Waals surface area (Å²) in [6.45, 7) is 5.68. The number of hydrogen-bond donors (Lipinski definition) is 1. The van der Waals surface area contributed by atoms with Crippen LogP contribution in [0.5, 0.6) is 0 Å². The first-order valence-corrected chi connectivity index (χ1v) is 10.5. The Morgan fingerprint density at radius 1 is 0.900 bits per heavy atom. The molecule has 3 aromatic rings. The molecule has 1 saturated heterocycles. The van der Waals surface area contributed by atoms with Gasteiger partial charge in [-0.05, 0) is 23.1 Å². The summed E-state index contributed by atoms with van der Waals surface area (Å²) in [6, 6.07) is 18.8. The number of amides is 2. The van der Waals surface area contributed by atoms with Crippen molar-refractivity contribution in [3.05, 3.63) is 83.9 Å². The van der Waals surface area contributed by atoms with E-state index in [9.17, 15) is 4.79 Å². The number of hydrogen-bond acceptors (Lipinski definition) is 4. The van der Waals surface area contributed by atoms with E-state index in [1.165, 1.54) is 11.9 Å². The van der Waals surface area contributed by atoms with Gasteiger partial charge in [-0.15, -0.1) is 0 Å². The molecule has 7 nitrogen and oxygen atoms in total. The van der Waals surface area contributed by atoms with Crippen LogP contribution in [0.3, 0.4) is 0 Å². The van der Waals surface area contributed by atoms with Crippen LogP contribution in [0.25, 0.3) is 0 Å². The molecular formula is C23H28N6O. The second-order valence-corrected chi connectivity index (χ2v) is 7.63. The van der Waals surface area contributed by atoms with Gasteiger partial charge in [0.1, 0.15) is 12.7 Å². The maximum absolute atomic E-state index is 12.5. The zero-order valence-electron chi connectivity index (χ0n) is 17.2. The summed E-state index contributed by atoms with van der Waals surface area (Å²) >= 11 is 0. The molecule has 0 atom stereocenters. The van der Waals surface area contributed by atoms with Crippen LogP contribution >= 0.6 is 0 Å². The van der Waals surface area contributed by atoms with Crippen molar-refractivity contribution in [2.75, 3.05) is 32.7 Å². The second kappa shape index (κ2) is 10.0. The quantitative estimate of drug-likeness (QED) is 0.657. The maximum atomic E-state index is 12.5. The molecule has 2 amide bonds. The predicted molar refractivity (Wildman–Crippen MR) is 116 cm³/mol. The number of urea groups is 1. The molecule has 0 aliphatic carbocycles. The molecule has 2 aromatic carbocycles. The van der Waals surface area contributed by atoms with Crippen molar-refractivity contribution < 1.29 is 4.79 Å². The highest BCUT2D eigenvalue weighted by Crippen LogP contribution is 2.08. The van der Waals surface area contributed by atoms with Gasteiger partial charge in [-0.25, -0.2) is 14.5 Å². The average molecular weight is 405 g/mol. The van der Waals surface area contributed by atoms with Crippen LogP contribution in [0.15, 0.2) is 67.3 Å². The molecule has 2 heterocycles. The van der Waals surface area contributed by atoms with Gasteiger partial charge in [0, 0.05) is 39.3 Å².